The third kappa shape index (κ3) is 3.26. The Morgan fingerprint density at radius 1 is 1.35 bits per heavy atom. The number of ketones is 1. The van der Waals surface area contributed by atoms with Gasteiger partial charge in [0.2, 0.25) is 11.7 Å². The monoisotopic (exact) mass is 356 g/mol. The summed E-state index contributed by atoms with van der Waals surface area (Å²) in [5.74, 6) is -0.928. The maximum atomic E-state index is 12.6. The minimum Gasteiger partial charge on any atom is -0.612 e. The fourth-order valence-corrected chi connectivity index (χ4v) is 4.85. The number of sulfone groups is 1. The van der Waals surface area contributed by atoms with Gasteiger partial charge < -0.3 is 9.66 Å². The fraction of sp³-hybridized carbons (Fsp3) is 0.286. The minimum atomic E-state index is -3.58. The van der Waals surface area contributed by atoms with Crippen molar-refractivity contribution < 1.29 is 22.9 Å². The summed E-state index contributed by atoms with van der Waals surface area (Å²) in [5, 5.41) is 13.4. The molecule has 0 saturated carbocycles. The molecule has 1 aromatic heterocycles. The Hall–Kier alpha value is -1.84. The summed E-state index contributed by atoms with van der Waals surface area (Å²) in [6, 6.07) is 2.62. The second-order valence-corrected chi connectivity index (χ2v) is 8.46. The summed E-state index contributed by atoms with van der Waals surface area (Å²) in [6.45, 7) is 1.53. The van der Waals surface area contributed by atoms with Crippen LogP contribution in [0.4, 0.5) is 0 Å². The molecule has 0 aliphatic rings. The van der Waals surface area contributed by atoms with E-state index in [1.54, 1.807) is 7.05 Å². The predicted octanol–water partition coefficient (Wildman–Crippen LogP) is 0.806. The van der Waals surface area contributed by atoms with Crippen molar-refractivity contribution in [2.75, 3.05) is 12.5 Å². The number of carbonyl (C=O) groups is 1. The summed E-state index contributed by atoms with van der Waals surface area (Å²) < 4.78 is 37.0. The molecule has 2 rings (SSSR count). The molecule has 0 fully saturated rings. The first-order valence-corrected chi connectivity index (χ1v) is 9.93. The Morgan fingerprint density at radius 3 is 2.39 bits per heavy atom. The number of carbonyl (C=O) groups excluding carboxylic acids is 1. The van der Waals surface area contributed by atoms with Gasteiger partial charge in [0.15, 0.2) is 14.7 Å². The number of nitrogens with zero attached hydrogens (tertiary/aromatic N) is 2. The number of hydrogen-bond donors (Lipinski definition) is 1. The third-order valence-corrected chi connectivity index (χ3v) is 5.72. The average Bonchev–Trinajstić information content (AvgIpc) is 2.75. The molecule has 0 saturated heterocycles. The Balaban J connectivity index is 2.69. The van der Waals surface area contributed by atoms with E-state index >= 15 is 0 Å². The van der Waals surface area contributed by atoms with E-state index in [2.05, 4.69) is 5.10 Å². The van der Waals surface area contributed by atoms with E-state index < -0.39 is 32.7 Å². The highest BCUT2D eigenvalue weighted by molar-refractivity contribution is 7.93. The van der Waals surface area contributed by atoms with Crippen LogP contribution in [-0.2, 0) is 28.1 Å². The number of hydrogen-bond acceptors (Lipinski definition) is 6. The molecule has 9 heteroatoms. The Kier molecular flexibility index (Phi) is 4.56. The molecule has 0 bridgehead atoms. The number of rotatable bonds is 4. The van der Waals surface area contributed by atoms with Crippen LogP contribution in [0.2, 0.25) is 0 Å². The maximum absolute atomic E-state index is 12.6. The molecular formula is C14H16N2O5S2. The van der Waals surface area contributed by atoms with Crippen LogP contribution >= 0.6 is 0 Å². The first-order valence-electron chi connectivity index (χ1n) is 6.48. The highest BCUT2D eigenvalue weighted by Gasteiger charge is 2.28. The molecule has 0 amide bonds. The third-order valence-electron chi connectivity index (χ3n) is 3.36. The van der Waals surface area contributed by atoms with Crippen LogP contribution in [0.3, 0.4) is 0 Å². The van der Waals surface area contributed by atoms with Crippen LogP contribution in [0, 0.1) is 6.92 Å². The largest absolute Gasteiger partial charge is 0.612 e. The van der Waals surface area contributed by atoms with Gasteiger partial charge in [0, 0.05) is 30.6 Å². The lowest BCUT2D eigenvalue weighted by Crippen LogP contribution is -2.13. The summed E-state index contributed by atoms with van der Waals surface area (Å²) in [4.78, 5) is 12.6. The van der Waals surface area contributed by atoms with Crippen LogP contribution in [0.15, 0.2) is 28.1 Å². The molecule has 0 aliphatic heterocycles. The molecule has 124 valence electrons. The van der Waals surface area contributed by atoms with Crippen LogP contribution in [0.1, 0.15) is 21.5 Å². The van der Waals surface area contributed by atoms with Crippen molar-refractivity contribution in [3.05, 3.63) is 35.0 Å². The van der Waals surface area contributed by atoms with E-state index in [0.29, 0.717) is 5.56 Å². The van der Waals surface area contributed by atoms with Crippen molar-refractivity contribution in [2.45, 2.75) is 16.7 Å². The van der Waals surface area contributed by atoms with Crippen molar-refractivity contribution in [1.82, 2.24) is 9.78 Å². The summed E-state index contributed by atoms with van der Waals surface area (Å²) in [6.07, 6.45) is 3.74. The van der Waals surface area contributed by atoms with Gasteiger partial charge >= 0.3 is 0 Å². The molecule has 1 N–H and O–H groups in total. The molecule has 0 spiro atoms. The summed E-state index contributed by atoms with van der Waals surface area (Å²) in [7, 11) is -2.02. The van der Waals surface area contributed by atoms with Gasteiger partial charge in [-0.15, -0.1) is 5.10 Å². The van der Waals surface area contributed by atoms with E-state index in [-0.39, 0.29) is 20.9 Å². The fourth-order valence-electron chi connectivity index (χ4n) is 2.34. The predicted molar refractivity (Wildman–Crippen MR) is 84.9 cm³/mol. The van der Waals surface area contributed by atoms with Crippen molar-refractivity contribution >= 4 is 26.8 Å². The highest BCUT2D eigenvalue weighted by atomic mass is 32.2. The number of benzene rings is 1. The quantitative estimate of drug-likeness (QED) is 0.641. The van der Waals surface area contributed by atoms with Crippen molar-refractivity contribution in [1.29, 1.82) is 0 Å². The van der Waals surface area contributed by atoms with Gasteiger partial charge in [0.05, 0.1) is 0 Å². The van der Waals surface area contributed by atoms with Gasteiger partial charge in [-0.25, -0.2) is 8.42 Å². The van der Waals surface area contributed by atoms with E-state index in [0.717, 1.165) is 6.26 Å². The summed E-state index contributed by atoms with van der Waals surface area (Å²) >= 11 is -1.60. The lowest BCUT2D eigenvalue weighted by atomic mass is 10.0. The second-order valence-electron chi connectivity index (χ2n) is 5.16. The molecule has 0 radical (unpaired) electrons. The topological polar surface area (TPSA) is 112 Å². The number of aryl methyl sites for hydroxylation is 1. The maximum Gasteiger partial charge on any atom is 0.241 e. The molecule has 1 aromatic carbocycles. The normalized spacial score (nSPS) is 13.1. The molecule has 1 unspecified atom stereocenters. The van der Waals surface area contributed by atoms with Crippen molar-refractivity contribution in [2.24, 2.45) is 7.05 Å². The lowest BCUT2D eigenvalue weighted by Gasteiger charge is -2.14. The van der Waals surface area contributed by atoms with Gasteiger partial charge in [-0.05, 0) is 30.2 Å². The highest BCUT2D eigenvalue weighted by Crippen LogP contribution is 2.29. The minimum absolute atomic E-state index is 0.00413. The molecule has 23 heavy (non-hydrogen) atoms. The van der Waals surface area contributed by atoms with Gasteiger partial charge in [-0.3, -0.25) is 9.48 Å². The standard InChI is InChI=1S/C14H16N2O5S2/c1-8-9(12(17)10-7-16(2)15-14(10)18)5-6-11(23(4,20)21)13(8)22(3)19/h5-7H,1-4H3,(H,15,18). The van der Waals surface area contributed by atoms with Crippen LogP contribution in [0.25, 0.3) is 0 Å². The van der Waals surface area contributed by atoms with Crippen LogP contribution < -0.4 is 0 Å². The van der Waals surface area contributed by atoms with Gasteiger partial charge in [-0.1, -0.05) is 0 Å². The molecule has 1 heterocycles. The van der Waals surface area contributed by atoms with Gasteiger partial charge in [-0.2, -0.15) is 0 Å². The van der Waals surface area contributed by atoms with E-state index in [1.165, 1.54) is 36.2 Å². The van der Waals surface area contributed by atoms with Crippen LogP contribution in [-0.4, -0.2) is 46.2 Å². The van der Waals surface area contributed by atoms with E-state index in [1.807, 2.05) is 0 Å². The Labute approximate surface area is 137 Å². The molecule has 0 aliphatic carbocycles. The number of aromatic nitrogens is 2. The zero-order valence-electron chi connectivity index (χ0n) is 13.0. The van der Waals surface area contributed by atoms with Crippen LogP contribution in [0.5, 0.6) is 5.88 Å². The molecule has 2 aromatic rings. The summed E-state index contributed by atoms with van der Waals surface area (Å²) in [5.41, 5.74) is 0.475. The second kappa shape index (κ2) is 5.99. The number of aromatic hydroxyl groups is 1. The smallest absolute Gasteiger partial charge is 0.241 e. The lowest BCUT2D eigenvalue weighted by molar-refractivity contribution is 0.103. The van der Waals surface area contributed by atoms with E-state index in [9.17, 15) is 22.9 Å². The zero-order chi connectivity index (χ0) is 17.5. The first-order chi connectivity index (χ1) is 10.5. The van der Waals surface area contributed by atoms with Gasteiger partial charge in [0.1, 0.15) is 16.7 Å². The molecular weight excluding hydrogens is 340 g/mol. The van der Waals surface area contributed by atoms with E-state index in [4.69, 9.17) is 0 Å². The van der Waals surface area contributed by atoms with Crippen molar-refractivity contribution in [3.63, 3.8) is 0 Å². The Bertz CT molecular complexity index is 885. The average molecular weight is 356 g/mol. The van der Waals surface area contributed by atoms with Gasteiger partial charge in [0.25, 0.3) is 0 Å². The first kappa shape index (κ1) is 17.5. The zero-order valence-corrected chi connectivity index (χ0v) is 14.7. The molecule has 1 atom stereocenters. The molecule has 7 nitrogen and oxygen atoms in total. The van der Waals surface area contributed by atoms with Crippen molar-refractivity contribution in [3.8, 4) is 5.88 Å². The SMILES string of the molecule is Cc1c(C(=O)c2cn(C)nc2O)ccc(S(C)(=O)=O)c1[S+](C)[O-]. The Morgan fingerprint density at radius 2 is 1.96 bits per heavy atom.